The molecule has 0 aromatic rings. The van der Waals surface area contributed by atoms with E-state index in [1.807, 2.05) is 0 Å². The third-order valence-electron chi connectivity index (χ3n) is 4.84. The average Bonchev–Trinajstić information content (AvgIpc) is 2.63. The van der Waals surface area contributed by atoms with Crippen LogP contribution in [0.2, 0.25) is 0 Å². The molecule has 0 radical (unpaired) electrons. The quantitative estimate of drug-likeness (QED) is 0.428. The van der Waals surface area contributed by atoms with E-state index in [1.54, 1.807) is 0 Å². The van der Waals surface area contributed by atoms with E-state index in [1.165, 1.54) is 43.4 Å². The lowest BCUT2D eigenvalue weighted by atomic mass is 10.1. The molecule has 3 N–H and O–H groups in total. The minimum atomic E-state index is -0.908. The Labute approximate surface area is 157 Å². The first-order valence-corrected chi connectivity index (χ1v) is 10.2. The largest absolute Gasteiger partial charge is 0.465 e. The standard InChI is InChI=1S/C19H36N2O5/c22-16-10-8-6-4-2-1-3-5-7-9-13-20-18(23)26-17-11-14-21(15-12-17)19(24)25/h17,22H,1-16H2,(H,20,23)(H,24,25). The molecular weight excluding hydrogens is 336 g/mol. The number of rotatable bonds is 13. The van der Waals surface area contributed by atoms with Crippen LogP contribution in [0.3, 0.4) is 0 Å². The number of carbonyl (C=O) groups excluding carboxylic acids is 1. The number of amides is 2. The van der Waals surface area contributed by atoms with Crippen molar-refractivity contribution in [3.63, 3.8) is 0 Å². The Kier molecular flexibility index (Phi) is 12.7. The molecule has 0 bridgehead atoms. The second-order valence-corrected chi connectivity index (χ2v) is 7.06. The van der Waals surface area contributed by atoms with Gasteiger partial charge in [0.1, 0.15) is 6.10 Å². The van der Waals surface area contributed by atoms with Crippen LogP contribution in [-0.4, -0.2) is 59.6 Å². The zero-order valence-electron chi connectivity index (χ0n) is 16.0. The van der Waals surface area contributed by atoms with Gasteiger partial charge in [-0.2, -0.15) is 0 Å². The van der Waals surface area contributed by atoms with Gasteiger partial charge in [-0.15, -0.1) is 0 Å². The molecule has 0 aromatic carbocycles. The monoisotopic (exact) mass is 372 g/mol. The predicted molar refractivity (Wildman–Crippen MR) is 100 cm³/mol. The summed E-state index contributed by atoms with van der Waals surface area (Å²) < 4.78 is 5.33. The van der Waals surface area contributed by atoms with Gasteiger partial charge >= 0.3 is 12.2 Å². The number of nitrogens with one attached hydrogen (secondary N) is 1. The maximum atomic E-state index is 11.7. The maximum absolute atomic E-state index is 11.7. The second kappa shape index (κ2) is 14.6. The number of carbonyl (C=O) groups is 2. The number of carboxylic acid groups (broad SMARTS) is 1. The number of aliphatic hydroxyl groups is 1. The average molecular weight is 373 g/mol. The summed E-state index contributed by atoms with van der Waals surface area (Å²) in [6.07, 6.45) is 11.3. The zero-order chi connectivity index (χ0) is 19.0. The minimum absolute atomic E-state index is 0.178. The fourth-order valence-electron chi connectivity index (χ4n) is 3.20. The van der Waals surface area contributed by atoms with Crippen molar-refractivity contribution in [3.05, 3.63) is 0 Å². The van der Waals surface area contributed by atoms with E-state index in [0.717, 1.165) is 25.7 Å². The van der Waals surface area contributed by atoms with Crippen LogP contribution in [0.5, 0.6) is 0 Å². The Morgan fingerprint density at radius 2 is 1.38 bits per heavy atom. The van der Waals surface area contributed by atoms with Gasteiger partial charge < -0.3 is 25.2 Å². The van der Waals surface area contributed by atoms with Crippen molar-refractivity contribution >= 4 is 12.2 Å². The summed E-state index contributed by atoms with van der Waals surface area (Å²) in [5.74, 6) is 0. The van der Waals surface area contributed by atoms with Crippen LogP contribution in [0.15, 0.2) is 0 Å². The number of hydrogen-bond acceptors (Lipinski definition) is 4. The Morgan fingerprint density at radius 1 is 0.885 bits per heavy atom. The molecule has 1 fully saturated rings. The van der Waals surface area contributed by atoms with E-state index in [2.05, 4.69) is 5.32 Å². The van der Waals surface area contributed by atoms with E-state index in [-0.39, 0.29) is 12.2 Å². The number of nitrogens with zero attached hydrogens (tertiary/aromatic N) is 1. The van der Waals surface area contributed by atoms with E-state index >= 15 is 0 Å². The second-order valence-electron chi connectivity index (χ2n) is 7.06. The Hall–Kier alpha value is -1.50. The molecular formula is C19H36N2O5. The molecule has 0 aliphatic carbocycles. The topological polar surface area (TPSA) is 99.1 Å². The molecule has 26 heavy (non-hydrogen) atoms. The number of unbranched alkanes of at least 4 members (excludes halogenated alkanes) is 9. The van der Waals surface area contributed by atoms with Gasteiger partial charge in [0.05, 0.1) is 0 Å². The van der Waals surface area contributed by atoms with Crippen LogP contribution in [0.4, 0.5) is 9.59 Å². The van der Waals surface area contributed by atoms with Crippen LogP contribution in [0.25, 0.3) is 0 Å². The van der Waals surface area contributed by atoms with Crippen LogP contribution < -0.4 is 5.32 Å². The van der Waals surface area contributed by atoms with Crippen LogP contribution in [0, 0.1) is 0 Å². The highest BCUT2D eigenvalue weighted by Crippen LogP contribution is 2.14. The smallest absolute Gasteiger partial charge is 0.407 e. The van der Waals surface area contributed by atoms with Gasteiger partial charge in [-0.1, -0.05) is 51.4 Å². The molecule has 1 aliphatic heterocycles. The number of piperidine rings is 1. The lowest BCUT2D eigenvalue weighted by Gasteiger charge is -2.29. The summed E-state index contributed by atoms with van der Waals surface area (Å²) in [6, 6.07) is 0. The summed E-state index contributed by atoms with van der Waals surface area (Å²) in [5.41, 5.74) is 0. The molecule has 0 saturated carbocycles. The summed E-state index contributed by atoms with van der Waals surface area (Å²) in [6.45, 7) is 1.79. The highest BCUT2D eigenvalue weighted by molar-refractivity contribution is 5.67. The van der Waals surface area contributed by atoms with Gasteiger partial charge in [0.25, 0.3) is 0 Å². The minimum Gasteiger partial charge on any atom is -0.465 e. The molecule has 152 valence electrons. The number of alkyl carbamates (subject to hydrolysis) is 1. The van der Waals surface area contributed by atoms with Gasteiger partial charge in [0, 0.05) is 39.1 Å². The first kappa shape index (κ1) is 22.5. The molecule has 1 saturated heterocycles. The third-order valence-corrected chi connectivity index (χ3v) is 4.84. The van der Waals surface area contributed by atoms with Gasteiger partial charge in [0.15, 0.2) is 0 Å². The van der Waals surface area contributed by atoms with Crippen LogP contribution in [0.1, 0.15) is 77.0 Å². The Bertz CT molecular complexity index is 384. The Morgan fingerprint density at radius 3 is 1.88 bits per heavy atom. The SMILES string of the molecule is O=C(NCCCCCCCCCCCCO)OC1CCN(C(=O)O)CC1. The molecule has 0 unspecified atom stereocenters. The van der Waals surface area contributed by atoms with Crippen molar-refractivity contribution in [1.29, 1.82) is 0 Å². The number of likely N-dealkylation sites (tertiary alicyclic amines) is 1. The normalized spacial score (nSPS) is 15.0. The molecule has 2 amide bonds. The molecule has 0 atom stereocenters. The molecule has 0 aromatic heterocycles. The highest BCUT2D eigenvalue weighted by Gasteiger charge is 2.24. The summed E-state index contributed by atoms with van der Waals surface area (Å²) in [7, 11) is 0. The third kappa shape index (κ3) is 11.2. The van der Waals surface area contributed by atoms with Crippen molar-refractivity contribution in [1.82, 2.24) is 10.2 Å². The summed E-state index contributed by atoms with van der Waals surface area (Å²) in [5, 5.41) is 20.4. The van der Waals surface area contributed by atoms with E-state index in [4.69, 9.17) is 14.9 Å². The van der Waals surface area contributed by atoms with Crippen LogP contribution in [-0.2, 0) is 4.74 Å². The fourth-order valence-corrected chi connectivity index (χ4v) is 3.20. The fraction of sp³-hybridized carbons (Fsp3) is 0.895. The van der Waals surface area contributed by atoms with E-state index in [0.29, 0.717) is 39.1 Å². The van der Waals surface area contributed by atoms with Crippen molar-refractivity contribution in [3.8, 4) is 0 Å². The van der Waals surface area contributed by atoms with Crippen molar-refractivity contribution in [2.75, 3.05) is 26.2 Å². The summed E-state index contributed by atoms with van der Waals surface area (Å²) in [4.78, 5) is 23.9. The zero-order valence-corrected chi connectivity index (χ0v) is 16.0. The van der Waals surface area contributed by atoms with Gasteiger partial charge in [-0.05, 0) is 12.8 Å². The molecule has 1 aliphatic rings. The molecule has 7 nitrogen and oxygen atoms in total. The van der Waals surface area contributed by atoms with Crippen molar-refractivity contribution in [2.24, 2.45) is 0 Å². The van der Waals surface area contributed by atoms with Crippen molar-refractivity contribution in [2.45, 2.75) is 83.2 Å². The van der Waals surface area contributed by atoms with Crippen molar-refractivity contribution < 1.29 is 24.5 Å². The van der Waals surface area contributed by atoms with E-state index < -0.39 is 6.09 Å². The summed E-state index contributed by atoms with van der Waals surface area (Å²) >= 11 is 0. The molecule has 1 rings (SSSR count). The Balaban J connectivity index is 1.86. The highest BCUT2D eigenvalue weighted by atomic mass is 16.6. The maximum Gasteiger partial charge on any atom is 0.407 e. The van der Waals surface area contributed by atoms with Gasteiger partial charge in [0.2, 0.25) is 0 Å². The number of hydrogen-bond donors (Lipinski definition) is 3. The molecule has 7 heteroatoms. The molecule has 1 heterocycles. The van der Waals surface area contributed by atoms with E-state index in [9.17, 15) is 9.59 Å². The number of ether oxygens (including phenoxy) is 1. The predicted octanol–water partition coefficient (Wildman–Crippen LogP) is 3.75. The lowest BCUT2D eigenvalue weighted by molar-refractivity contribution is 0.0511. The number of aliphatic hydroxyl groups excluding tert-OH is 1. The van der Waals surface area contributed by atoms with Gasteiger partial charge in [-0.25, -0.2) is 9.59 Å². The first-order valence-electron chi connectivity index (χ1n) is 10.2. The van der Waals surface area contributed by atoms with Gasteiger partial charge in [-0.3, -0.25) is 0 Å². The first-order chi connectivity index (χ1) is 12.6. The molecule has 0 spiro atoms. The van der Waals surface area contributed by atoms with Crippen LogP contribution >= 0.6 is 0 Å². The lowest BCUT2D eigenvalue weighted by Crippen LogP contribution is -2.41.